The summed E-state index contributed by atoms with van der Waals surface area (Å²) < 4.78 is 17.3. The fourth-order valence-corrected chi connectivity index (χ4v) is 6.50. The van der Waals surface area contributed by atoms with E-state index in [9.17, 15) is 34.8 Å². The van der Waals surface area contributed by atoms with E-state index in [2.05, 4.69) is 0 Å². The first kappa shape index (κ1) is 29.2. The molecule has 0 radical (unpaired) electrons. The number of benzene rings is 2. The molecule has 1 unspecified atom stereocenters. The van der Waals surface area contributed by atoms with Crippen molar-refractivity contribution in [1.29, 1.82) is 0 Å². The van der Waals surface area contributed by atoms with Gasteiger partial charge in [0.1, 0.15) is 17.4 Å². The summed E-state index contributed by atoms with van der Waals surface area (Å²) in [5.74, 6) is -4.42. The number of hydrogen-bond acceptors (Lipinski definition) is 11. The summed E-state index contributed by atoms with van der Waals surface area (Å²) >= 11 is 0. The molecule has 220 valence electrons. The van der Waals surface area contributed by atoms with Crippen LogP contribution in [-0.4, -0.2) is 94.2 Å². The number of likely N-dealkylation sites (N-methyl/N-ethyl adjacent to an activating group) is 1. The molecule has 0 amide bonds. The summed E-state index contributed by atoms with van der Waals surface area (Å²) in [5, 5.41) is 44.5. The number of phenolic OH excluding ortho intramolecular Hbond substituents is 2. The molecule has 1 aliphatic heterocycles. The highest BCUT2D eigenvalue weighted by molar-refractivity contribution is 6.30. The Morgan fingerprint density at radius 2 is 1.85 bits per heavy atom. The molecule has 0 spiro atoms. The van der Waals surface area contributed by atoms with Crippen LogP contribution in [0.5, 0.6) is 11.5 Å². The van der Waals surface area contributed by atoms with Crippen molar-refractivity contribution < 1.29 is 49.0 Å². The second-order valence-corrected chi connectivity index (χ2v) is 11.3. The number of carbonyl (C=O) groups excluding carboxylic acids is 3. The third-order valence-electron chi connectivity index (χ3n) is 8.77. The molecule has 41 heavy (non-hydrogen) atoms. The number of ketones is 2. The lowest BCUT2D eigenvalue weighted by atomic mass is 9.67. The van der Waals surface area contributed by atoms with Crippen LogP contribution in [0.15, 0.2) is 24.3 Å². The number of aromatic hydroxyl groups is 2. The van der Waals surface area contributed by atoms with Crippen molar-refractivity contribution in [2.45, 2.75) is 75.3 Å². The van der Waals surface area contributed by atoms with Gasteiger partial charge in [0.15, 0.2) is 12.1 Å². The molecule has 0 aromatic heterocycles. The van der Waals surface area contributed by atoms with E-state index in [0.717, 1.165) is 0 Å². The smallest absolute Gasteiger partial charge is 0.316 e. The van der Waals surface area contributed by atoms with Gasteiger partial charge >= 0.3 is 5.97 Å². The van der Waals surface area contributed by atoms with E-state index in [1.807, 2.05) is 19.0 Å². The summed E-state index contributed by atoms with van der Waals surface area (Å²) in [4.78, 5) is 42.1. The van der Waals surface area contributed by atoms with Gasteiger partial charge in [0.05, 0.1) is 42.1 Å². The zero-order valence-electron chi connectivity index (χ0n) is 23.6. The molecule has 7 atom stereocenters. The van der Waals surface area contributed by atoms with E-state index in [4.69, 9.17) is 14.2 Å². The minimum atomic E-state index is -1.69. The lowest BCUT2D eigenvalue weighted by Gasteiger charge is -2.46. The Morgan fingerprint density at radius 3 is 2.49 bits per heavy atom. The third-order valence-corrected chi connectivity index (χ3v) is 8.77. The monoisotopic (exact) mass is 569 g/mol. The normalized spacial score (nSPS) is 30.9. The van der Waals surface area contributed by atoms with Gasteiger partial charge in [-0.15, -0.1) is 0 Å². The average Bonchev–Trinajstić information content (AvgIpc) is 2.92. The van der Waals surface area contributed by atoms with Crippen molar-refractivity contribution in [1.82, 2.24) is 4.90 Å². The Bertz CT molecular complexity index is 1420. The zero-order chi connectivity index (χ0) is 30.0. The van der Waals surface area contributed by atoms with Crippen LogP contribution in [0.4, 0.5) is 0 Å². The summed E-state index contributed by atoms with van der Waals surface area (Å²) in [7, 11) is 4.82. The van der Waals surface area contributed by atoms with Gasteiger partial charge in [0.2, 0.25) is 5.78 Å². The Kier molecular flexibility index (Phi) is 7.46. The molecule has 2 aromatic rings. The molecular formula is C30H35NO10. The van der Waals surface area contributed by atoms with E-state index in [1.54, 1.807) is 13.8 Å². The van der Waals surface area contributed by atoms with Gasteiger partial charge in [-0.3, -0.25) is 14.4 Å². The predicted octanol–water partition coefficient (Wildman–Crippen LogP) is 2.16. The van der Waals surface area contributed by atoms with E-state index < -0.39 is 65.2 Å². The maximum Gasteiger partial charge on any atom is 0.316 e. The number of phenols is 2. The molecule has 0 saturated carbocycles. The van der Waals surface area contributed by atoms with Crippen LogP contribution in [0.1, 0.15) is 88.1 Å². The van der Waals surface area contributed by atoms with E-state index in [0.29, 0.717) is 0 Å². The van der Waals surface area contributed by atoms with Crippen LogP contribution in [0.25, 0.3) is 0 Å². The first-order valence-electron chi connectivity index (χ1n) is 13.6. The number of nitrogens with zero attached hydrogens (tertiary/aromatic N) is 1. The lowest BCUT2D eigenvalue weighted by molar-refractivity contribution is -0.258. The average molecular weight is 570 g/mol. The molecular weight excluding hydrogens is 534 g/mol. The summed E-state index contributed by atoms with van der Waals surface area (Å²) in [6.07, 6.45) is -3.09. The molecule has 11 nitrogen and oxygen atoms in total. The molecule has 0 bridgehead atoms. The SMILES string of the molecule is CC[C@@]1(O)C[C@H](O[C@H]2C[C@H](N(C)C)[C@H](O)[C@H](C)O2)c2c(cc3c(c2O)C(=O)c2c(O)cccc2C3=O)C1C(=O)OC. The molecule has 1 fully saturated rings. The van der Waals surface area contributed by atoms with Crippen molar-refractivity contribution in [3.63, 3.8) is 0 Å². The van der Waals surface area contributed by atoms with Crippen LogP contribution in [-0.2, 0) is 19.0 Å². The molecule has 5 rings (SSSR count). The van der Waals surface area contributed by atoms with Crippen LogP contribution < -0.4 is 0 Å². The number of aliphatic hydroxyl groups excluding tert-OH is 1. The van der Waals surface area contributed by atoms with Gasteiger partial charge in [0, 0.05) is 35.6 Å². The van der Waals surface area contributed by atoms with Crippen molar-refractivity contribution in [2.24, 2.45) is 0 Å². The van der Waals surface area contributed by atoms with Gasteiger partial charge < -0.3 is 39.5 Å². The molecule has 2 aromatic carbocycles. The Balaban J connectivity index is 1.69. The minimum absolute atomic E-state index is 0.0382. The van der Waals surface area contributed by atoms with Crippen molar-refractivity contribution in [3.8, 4) is 11.5 Å². The number of ether oxygens (including phenoxy) is 3. The fraction of sp³-hybridized carbons (Fsp3) is 0.500. The predicted molar refractivity (Wildman–Crippen MR) is 144 cm³/mol. The van der Waals surface area contributed by atoms with Gasteiger partial charge in [-0.25, -0.2) is 0 Å². The Labute approximate surface area is 237 Å². The maximum absolute atomic E-state index is 13.6. The second-order valence-electron chi connectivity index (χ2n) is 11.3. The molecule has 4 N–H and O–H groups in total. The first-order chi connectivity index (χ1) is 19.3. The van der Waals surface area contributed by atoms with E-state index in [1.165, 1.54) is 31.4 Å². The first-order valence-corrected chi connectivity index (χ1v) is 13.6. The number of fused-ring (bicyclic) bond motifs is 3. The minimum Gasteiger partial charge on any atom is -0.507 e. The highest BCUT2D eigenvalue weighted by Crippen LogP contribution is 2.54. The molecule has 2 aliphatic carbocycles. The lowest BCUT2D eigenvalue weighted by Crippen LogP contribution is -2.54. The van der Waals surface area contributed by atoms with Gasteiger partial charge in [-0.05, 0) is 45.1 Å². The van der Waals surface area contributed by atoms with Gasteiger partial charge in [0.25, 0.3) is 0 Å². The number of carbonyl (C=O) groups is 3. The van der Waals surface area contributed by atoms with E-state index in [-0.39, 0.29) is 58.7 Å². The van der Waals surface area contributed by atoms with E-state index >= 15 is 0 Å². The molecule has 11 heteroatoms. The number of hydrogen-bond donors (Lipinski definition) is 4. The van der Waals surface area contributed by atoms with Crippen molar-refractivity contribution >= 4 is 17.5 Å². The molecule has 3 aliphatic rings. The number of esters is 1. The summed E-state index contributed by atoms with van der Waals surface area (Å²) in [6.45, 7) is 3.41. The van der Waals surface area contributed by atoms with Crippen LogP contribution in [0, 0.1) is 0 Å². The highest BCUT2D eigenvalue weighted by Gasteiger charge is 2.53. The van der Waals surface area contributed by atoms with Crippen LogP contribution in [0.2, 0.25) is 0 Å². The van der Waals surface area contributed by atoms with Crippen LogP contribution >= 0.6 is 0 Å². The molecule has 1 saturated heterocycles. The Hall–Kier alpha value is -3.35. The van der Waals surface area contributed by atoms with Gasteiger partial charge in [-0.2, -0.15) is 0 Å². The number of methoxy groups -OCH3 is 1. The highest BCUT2D eigenvalue weighted by atomic mass is 16.7. The topological polar surface area (TPSA) is 163 Å². The quantitative estimate of drug-likeness (QED) is 0.333. The zero-order valence-corrected chi connectivity index (χ0v) is 23.6. The number of rotatable bonds is 5. The van der Waals surface area contributed by atoms with Crippen molar-refractivity contribution in [2.75, 3.05) is 21.2 Å². The van der Waals surface area contributed by atoms with Gasteiger partial charge in [-0.1, -0.05) is 19.1 Å². The summed E-state index contributed by atoms with van der Waals surface area (Å²) in [6, 6.07) is 5.14. The van der Waals surface area contributed by atoms with Crippen molar-refractivity contribution in [3.05, 3.63) is 57.6 Å². The standard InChI is InChI=1S/C30H35NO10/c1-6-30(38)12-19(41-20-11-17(31(3)4)25(33)13(2)40-20)22-15(24(30)29(37)39-5)10-16-23(28(22)36)27(35)21-14(26(16)34)8-7-9-18(21)32/h7-10,13,17,19-20,24-25,32-33,36,38H,6,11-12H2,1-5H3/t13-,17-,19-,20-,24?,25+,30+/m0/s1. The number of aliphatic hydroxyl groups is 2. The molecule has 1 heterocycles. The maximum atomic E-state index is 13.6. The van der Waals surface area contributed by atoms with Crippen LogP contribution in [0.3, 0.4) is 0 Å². The largest absolute Gasteiger partial charge is 0.507 e. The second kappa shape index (κ2) is 10.5. The third kappa shape index (κ3) is 4.52. The fourth-order valence-electron chi connectivity index (χ4n) is 6.50. The Morgan fingerprint density at radius 1 is 1.15 bits per heavy atom. The summed E-state index contributed by atoms with van der Waals surface area (Å²) in [5.41, 5.74) is -2.27.